The summed E-state index contributed by atoms with van der Waals surface area (Å²) in [5, 5.41) is 2.57. The molecule has 0 bridgehead atoms. The topological polar surface area (TPSA) is 50.9 Å². The van der Waals surface area contributed by atoms with Crippen molar-refractivity contribution in [1.29, 1.82) is 0 Å². The van der Waals surface area contributed by atoms with Crippen LogP contribution in [-0.2, 0) is 9.53 Å². The van der Waals surface area contributed by atoms with Crippen molar-refractivity contribution in [2.45, 2.75) is 6.10 Å². The van der Waals surface area contributed by atoms with Gasteiger partial charge in [-0.15, -0.1) is 0 Å². The molecule has 1 fully saturated rings. The number of carbonyl (C=O) groups is 1. The Hall–Kier alpha value is -1.55. The second-order valence-corrected chi connectivity index (χ2v) is 3.02. The first kappa shape index (κ1) is 9.02. The van der Waals surface area contributed by atoms with E-state index in [0.29, 0.717) is 24.5 Å². The van der Waals surface area contributed by atoms with E-state index < -0.39 is 0 Å². The molecule has 1 aliphatic heterocycles. The predicted octanol–water partition coefficient (Wildman–Crippen LogP) is 1.03. The van der Waals surface area contributed by atoms with Crippen LogP contribution in [0.25, 0.3) is 0 Å². The van der Waals surface area contributed by atoms with E-state index >= 15 is 0 Å². The summed E-state index contributed by atoms with van der Waals surface area (Å²) in [5.74, 6) is 0.676. The Morgan fingerprint density at radius 1 is 1.57 bits per heavy atom. The summed E-state index contributed by atoms with van der Waals surface area (Å²) >= 11 is 0. The monoisotopic (exact) mass is 193 g/mol. The lowest BCUT2D eigenvalue weighted by atomic mass is 10.3. The predicted molar refractivity (Wildman–Crippen MR) is 51.4 cm³/mol. The molecule has 1 amide bonds. The zero-order chi connectivity index (χ0) is 9.80. The zero-order valence-corrected chi connectivity index (χ0v) is 7.60. The minimum Gasteiger partial charge on any atom is -0.489 e. The fraction of sp³-hybridized carbons (Fsp3) is 0.300. The minimum absolute atomic E-state index is 0.222. The van der Waals surface area contributed by atoms with E-state index in [1.165, 1.54) is 0 Å². The van der Waals surface area contributed by atoms with Crippen LogP contribution in [0.2, 0.25) is 0 Å². The summed E-state index contributed by atoms with van der Waals surface area (Å²) in [5.41, 5.74) is 0.683. The molecule has 4 nitrogen and oxygen atoms in total. The highest BCUT2D eigenvalue weighted by Crippen LogP contribution is 2.24. The third kappa shape index (κ3) is 2.23. The summed E-state index contributed by atoms with van der Waals surface area (Å²) in [4.78, 5) is 10.3. The molecular weight excluding hydrogens is 182 g/mol. The molecule has 1 aromatic carbocycles. The molecule has 0 unspecified atom stereocenters. The highest BCUT2D eigenvalue weighted by atomic mass is 16.6. The third-order valence-corrected chi connectivity index (χ3v) is 1.93. The van der Waals surface area contributed by atoms with Gasteiger partial charge in [-0.1, -0.05) is 12.1 Å². The summed E-state index contributed by atoms with van der Waals surface area (Å²) in [6, 6.07) is 7.30. The molecule has 0 saturated carbocycles. The SMILES string of the molecule is O=CNc1ccccc1OC[C@@H]1CO1. The number of benzene rings is 1. The third-order valence-electron chi connectivity index (χ3n) is 1.93. The average Bonchev–Trinajstić information content (AvgIpc) is 3.01. The van der Waals surface area contributed by atoms with Gasteiger partial charge in [-0.25, -0.2) is 0 Å². The van der Waals surface area contributed by atoms with Gasteiger partial charge in [0.2, 0.25) is 6.41 Å². The van der Waals surface area contributed by atoms with Crippen molar-refractivity contribution < 1.29 is 14.3 Å². The lowest BCUT2D eigenvalue weighted by Crippen LogP contribution is -2.06. The van der Waals surface area contributed by atoms with Crippen LogP contribution in [0.5, 0.6) is 5.75 Å². The first-order valence-electron chi connectivity index (χ1n) is 4.44. The average molecular weight is 193 g/mol. The van der Waals surface area contributed by atoms with Crippen molar-refractivity contribution in [1.82, 2.24) is 0 Å². The highest BCUT2D eigenvalue weighted by molar-refractivity contribution is 5.75. The maximum absolute atomic E-state index is 10.3. The van der Waals surface area contributed by atoms with Crippen molar-refractivity contribution in [3.8, 4) is 5.75 Å². The van der Waals surface area contributed by atoms with Gasteiger partial charge in [-0.3, -0.25) is 4.79 Å². The van der Waals surface area contributed by atoms with Crippen molar-refractivity contribution in [2.24, 2.45) is 0 Å². The van der Waals surface area contributed by atoms with Crippen molar-refractivity contribution in [2.75, 3.05) is 18.5 Å². The van der Waals surface area contributed by atoms with Crippen molar-refractivity contribution >= 4 is 12.1 Å². The molecule has 74 valence electrons. The molecule has 0 radical (unpaired) electrons. The summed E-state index contributed by atoms with van der Waals surface area (Å²) in [6.45, 7) is 1.31. The van der Waals surface area contributed by atoms with Crippen molar-refractivity contribution in [3.05, 3.63) is 24.3 Å². The number of hydrogen-bond acceptors (Lipinski definition) is 3. The molecule has 14 heavy (non-hydrogen) atoms. The lowest BCUT2D eigenvalue weighted by molar-refractivity contribution is -0.105. The van der Waals surface area contributed by atoms with E-state index in [1.54, 1.807) is 6.07 Å². The van der Waals surface area contributed by atoms with Crippen LogP contribution >= 0.6 is 0 Å². The van der Waals surface area contributed by atoms with Crippen LogP contribution in [0.4, 0.5) is 5.69 Å². The summed E-state index contributed by atoms with van der Waals surface area (Å²) in [7, 11) is 0. The quantitative estimate of drug-likeness (QED) is 0.561. The smallest absolute Gasteiger partial charge is 0.211 e. The van der Waals surface area contributed by atoms with Gasteiger partial charge in [0, 0.05) is 0 Å². The van der Waals surface area contributed by atoms with Crippen LogP contribution in [0, 0.1) is 0 Å². The van der Waals surface area contributed by atoms with Gasteiger partial charge in [-0.2, -0.15) is 0 Å². The van der Waals surface area contributed by atoms with Gasteiger partial charge in [0.05, 0.1) is 12.3 Å². The van der Waals surface area contributed by atoms with Gasteiger partial charge in [0.25, 0.3) is 0 Å². The zero-order valence-electron chi connectivity index (χ0n) is 7.60. The van der Waals surface area contributed by atoms with E-state index in [2.05, 4.69) is 5.32 Å². The molecule has 1 atom stereocenters. The number of anilines is 1. The lowest BCUT2D eigenvalue weighted by Gasteiger charge is -2.08. The molecule has 4 heteroatoms. The fourth-order valence-electron chi connectivity index (χ4n) is 1.12. The number of hydrogen-bond donors (Lipinski definition) is 1. The highest BCUT2D eigenvalue weighted by Gasteiger charge is 2.23. The van der Waals surface area contributed by atoms with E-state index in [0.717, 1.165) is 6.61 Å². The first-order chi connectivity index (χ1) is 6.90. The Labute approximate surface area is 81.8 Å². The summed E-state index contributed by atoms with van der Waals surface area (Å²) < 4.78 is 10.5. The second-order valence-electron chi connectivity index (χ2n) is 3.02. The van der Waals surface area contributed by atoms with Crippen LogP contribution < -0.4 is 10.1 Å². The van der Waals surface area contributed by atoms with Crippen molar-refractivity contribution in [3.63, 3.8) is 0 Å². The number of epoxide rings is 1. The van der Waals surface area contributed by atoms with Gasteiger partial charge in [0.15, 0.2) is 0 Å². The number of rotatable bonds is 5. The van der Waals surface area contributed by atoms with Gasteiger partial charge in [-0.05, 0) is 12.1 Å². The number of carbonyl (C=O) groups excluding carboxylic acids is 1. The Morgan fingerprint density at radius 2 is 2.36 bits per heavy atom. The van der Waals surface area contributed by atoms with Crippen LogP contribution in [-0.4, -0.2) is 25.7 Å². The summed E-state index contributed by atoms with van der Waals surface area (Å²) in [6.07, 6.45) is 0.856. The standard InChI is InChI=1S/C10H11NO3/c12-7-11-9-3-1-2-4-10(9)14-6-8-5-13-8/h1-4,7-8H,5-6H2,(H,11,12)/t8-/m0/s1. The number of para-hydroxylation sites is 2. The van der Waals surface area contributed by atoms with E-state index in [1.807, 2.05) is 18.2 Å². The Kier molecular flexibility index (Phi) is 2.65. The number of nitrogens with one attached hydrogen (secondary N) is 1. The molecular formula is C10H11NO3. The van der Waals surface area contributed by atoms with Crippen LogP contribution in [0.1, 0.15) is 0 Å². The maximum Gasteiger partial charge on any atom is 0.211 e. The molecule has 0 aromatic heterocycles. The molecule has 1 N–H and O–H groups in total. The Balaban J connectivity index is 2.01. The molecule has 0 aliphatic carbocycles. The molecule has 0 spiro atoms. The largest absolute Gasteiger partial charge is 0.489 e. The Morgan fingerprint density at radius 3 is 3.07 bits per heavy atom. The molecule has 1 saturated heterocycles. The molecule has 1 aliphatic rings. The van der Waals surface area contributed by atoms with Crippen LogP contribution in [0.15, 0.2) is 24.3 Å². The van der Waals surface area contributed by atoms with E-state index in [9.17, 15) is 4.79 Å². The van der Waals surface area contributed by atoms with Gasteiger partial charge < -0.3 is 14.8 Å². The van der Waals surface area contributed by atoms with Gasteiger partial charge >= 0.3 is 0 Å². The minimum atomic E-state index is 0.222. The molecule has 1 aromatic rings. The Bertz CT molecular complexity index is 323. The fourth-order valence-corrected chi connectivity index (χ4v) is 1.12. The van der Waals surface area contributed by atoms with E-state index in [-0.39, 0.29) is 6.10 Å². The first-order valence-corrected chi connectivity index (χ1v) is 4.44. The second kappa shape index (κ2) is 4.11. The van der Waals surface area contributed by atoms with Gasteiger partial charge in [0.1, 0.15) is 18.5 Å². The van der Waals surface area contributed by atoms with E-state index in [4.69, 9.17) is 9.47 Å². The number of ether oxygens (including phenoxy) is 2. The molecule has 1 heterocycles. The number of amides is 1. The normalized spacial score (nSPS) is 18.7. The maximum atomic E-state index is 10.3. The van der Waals surface area contributed by atoms with Crippen LogP contribution in [0.3, 0.4) is 0 Å². The molecule has 2 rings (SSSR count).